The maximum absolute atomic E-state index is 5.47. The van der Waals surface area contributed by atoms with Crippen LogP contribution in [0.4, 0.5) is 23.0 Å². The van der Waals surface area contributed by atoms with E-state index in [4.69, 9.17) is 4.74 Å². The number of nitrogens with one attached hydrogen (secondary N) is 1. The Morgan fingerprint density at radius 1 is 0.880 bits per heavy atom. The fraction of sp³-hybridized carbons (Fsp3) is 0.474. The molecule has 2 aliphatic rings. The molecule has 0 unspecified atom stereocenters. The van der Waals surface area contributed by atoms with Crippen molar-refractivity contribution in [1.29, 1.82) is 0 Å². The number of aromatic nitrogens is 2. The van der Waals surface area contributed by atoms with Gasteiger partial charge < -0.3 is 19.9 Å². The van der Waals surface area contributed by atoms with E-state index in [1.54, 1.807) is 6.33 Å². The normalized spacial score (nSPS) is 18.2. The predicted molar refractivity (Wildman–Crippen MR) is 101 cm³/mol. The van der Waals surface area contributed by atoms with E-state index in [2.05, 4.69) is 55.4 Å². The molecule has 2 saturated heterocycles. The van der Waals surface area contributed by atoms with Gasteiger partial charge in [-0.25, -0.2) is 9.97 Å². The largest absolute Gasteiger partial charge is 0.378 e. The van der Waals surface area contributed by atoms with Crippen LogP contribution in [0.15, 0.2) is 36.7 Å². The molecule has 4 rings (SSSR count). The van der Waals surface area contributed by atoms with Gasteiger partial charge in [0, 0.05) is 32.2 Å². The van der Waals surface area contributed by atoms with Gasteiger partial charge in [0.05, 0.1) is 24.6 Å². The third-order valence-electron chi connectivity index (χ3n) is 4.85. The Morgan fingerprint density at radius 2 is 1.68 bits per heavy atom. The zero-order chi connectivity index (χ0) is 16.9. The van der Waals surface area contributed by atoms with E-state index in [0.717, 1.165) is 56.7 Å². The average molecular weight is 339 g/mol. The Labute approximate surface area is 148 Å². The van der Waals surface area contributed by atoms with E-state index in [0.29, 0.717) is 0 Å². The highest BCUT2D eigenvalue weighted by Gasteiger charge is 2.16. The molecule has 1 aromatic carbocycles. The topological polar surface area (TPSA) is 53.5 Å². The number of hydrogen-bond acceptors (Lipinski definition) is 6. The zero-order valence-corrected chi connectivity index (χ0v) is 14.5. The van der Waals surface area contributed by atoms with Gasteiger partial charge in [0.1, 0.15) is 18.0 Å². The van der Waals surface area contributed by atoms with Gasteiger partial charge in [-0.05, 0) is 31.4 Å². The summed E-state index contributed by atoms with van der Waals surface area (Å²) in [6.45, 7) is 5.56. The van der Waals surface area contributed by atoms with Crippen molar-refractivity contribution in [1.82, 2.24) is 9.97 Å². The SMILES string of the molecule is c1ccc(N2CCOCC2)c(Nc2cc(N3CCCCC3)ncn2)c1. The Kier molecular flexibility index (Phi) is 4.97. The summed E-state index contributed by atoms with van der Waals surface area (Å²) in [5.41, 5.74) is 2.27. The summed E-state index contributed by atoms with van der Waals surface area (Å²) >= 11 is 0. The number of benzene rings is 1. The quantitative estimate of drug-likeness (QED) is 0.924. The lowest BCUT2D eigenvalue weighted by molar-refractivity contribution is 0.123. The molecule has 132 valence electrons. The lowest BCUT2D eigenvalue weighted by Crippen LogP contribution is -2.36. The fourth-order valence-corrected chi connectivity index (χ4v) is 3.51. The molecule has 0 saturated carbocycles. The molecule has 0 spiro atoms. The fourth-order valence-electron chi connectivity index (χ4n) is 3.51. The number of piperidine rings is 1. The smallest absolute Gasteiger partial charge is 0.135 e. The van der Waals surface area contributed by atoms with Gasteiger partial charge in [0.25, 0.3) is 0 Å². The van der Waals surface area contributed by atoms with E-state index in [1.807, 2.05) is 0 Å². The second-order valence-electron chi connectivity index (χ2n) is 6.55. The molecule has 0 bridgehead atoms. The Morgan fingerprint density at radius 3 is 2.52 bits per heavy atom. The molecular formula is C19H25N5O. The lowest BCUT2D eigenvalue weighted by atomic mass is 10.1. The molecule has 1 N–H and O–H groups in total. The second kappa shape index (κ2) is 7.70. The van der Waals surface area contributed by atoms with Crippen LogP contribution in [0.1, 0.15) is 19.3 Å². The van der Waals surface area contributed by atoms with Crippen molar-refractivity contribution < 1.29 is 4.74 Å². The van der Waals surface area contributed by atoms with Crippen molar-refractivity contribution in [2.45, 2.75) is 19.3 Å². The number of morpholine rings is 1. The van der Waals surface area contributed by atoms with E-state index in [9.17, 15) is 0 Å². The van der Waals surface area contributed by atoms with Gasteiger partial charge >= 0.3 is 0 Å². The molecule has 6 nitrogen and oxygen atoms in total. The monoisotopic (exact) mass is 339 g/mol. The zero-order valence-electron chi connectivity index (χ0n) is 14.5. The van der Waals surface area contributed by atoms with Crippen LogP contribution in [0.2, 0.25) is 0 Å². The summed E-state index contributed by atoms with van der Waals surface area (Å²) in [4.78, 5) is 13.6. The van der Waals surface area contributed by atoms with Gasteiger partial charge in [-0.15, -0.1) is 0 Å². The third-order valence-corrected chi connectivity index (χ3v) is 4.85. The summed E-state index contributed by atoms with van der Waals surface area (Å²) in [6, 6.07) is 10.4. The number of nitrogens with zero attached hydrogens (tertiary/aromatic N) is 4. The van der Waals surface area contributed by atoms with Crippen LogP contribution in [0, 0.1) is 0 Å². The van der Waals surface area contributed by atoms with Gasteiger partial charge in [0.15, 0.2) is 0 Å². The minimum absolute atomic E-state index is 0.779. The molecule has 1 aromatic heterocycles. The number of rotatable bonds is 4. The van der Waals surface area contributed by atoms with Crippen LogP contribution in [-0.2, 0) is 4.74 Å². The van der Waals surface area contributed by atoms with Crippen LogP contribution in [0.5, 0.6) is 0 Å². The molecule has 25 heavy (non-hydrogen) atoms. The van der Waals surface area contributed by atoms with Crippen molar-refractivity contribution in [2.24, 2.45) is 0 Å². The third kappa shape index (κ3) is 3.85. The van der Waals surface area contributed by atoms with Crippen molar-refractivity contribution >= 4 is 23.0 Å². The van der Waals surface area contributed by atoms with Crippen molar-refractivity contribution in [2.75, 3.05) is 54.5 Å². The van der Waals surface area contributed by atoms with E-state index in [1.165, 1.54) is 24.9 Å². The number of ether oxygens (including phenoxy) is 1. The molecule has 2 aliphatic heterocycles. The first-order valence-corrected chi connectivity index (χ1v) is 9.16. The predicted octanol–water partition coefficient (Wildman–Crippen LogP) is 3.05. The highest BCUT2D eigenvalue weighted by Crippen LogP contribution is 2.29. The maximum atomic E-state index is 5.47. The van der Waals surface area contributed by atoms with Crippen molar-refractivity contribution in [3.05, 3.63) is 36.7 Å². The van der Waals surface area contributed by atoms with Gasteiger partial charge in [0.2, 0.25) is 0 Å². The summed E-state index contributed by atoms with van der Waals surface area (Å²) in [7, 11) is 0. The number of anilines is 4. The number of hydrogen-bond donors (Lipinski definition) is 1. The highest BCUT2D eigenvalue weighted by atomic mass is 16.5. The van der Waals surface area contributed by atoms with E-state index < -0.39 is 0 Å². The molecule has 6 heteroatoms. The van der Waals surface area contributed by atoms with Gasteiger partial charge in [-0.2, -0.15) is 0 Å². The molecule has 0 amide bonds. The molecular weight excluding hydrogens is 314 g/mol. The first-order chi connectivity index (χ1) is 12.4. The molecule has 2 fully saturated rings. The molecule has 0 atom stereocenters. The van der Waals surface area contributed by atoms with Crippen LogP contribution >= 0.6 is 0 Å². The molecule has 3 heterocycles. The number of para-hydroxylation sites is 2. The standard InChI is InChI=1S/C19H25N5O/c1-4-8-24(9-5-1)19-14-18(20-15-21-19)22-16-6-2-3-7-17(16)23-10-12-25-13-11-23/h2-3,6-7,14-15H,1,4-5,8-13H2,(H,20,21,22). The lowest BCUT2D eigenvalue weighted by Gasteiger charge is -2.30. The van der Waals surface area contributed by atoms with Gasteiger partial charge in [-0.1, -0.05) is 12.1 Å². The van der Waals surface area contributed by atoms with Crippen LogP contribution in [0.3, 0.4) is 0 Å². The Bertz CT molecular complexity index is 696. The van der Waals surface area contributed by atoms with Crippen molar-refractivity contribution in [3.8, 4) is 0 Å². The Balaban J connectivity index is 1.54. The summed E-state index contributed by atoms with van der Waals surface area (Å²) in [5, 5.41) is 3.49. The van der Waals surface area contributed by atoms with E-state index >= 15 is 0 Å². The van der Waals surface area contributed by atoms with E-state index in [-0.39, 0.29) is 0 Å². The van der Waals surface area contributed by atoms with Gasteiger partial charge in [-0.3, -0.25) is 0 Å². The Hall–Kier alpha value is -2.34. The molecule has 0 radical (unpaired) electrons. The summed E-state index contributed by atoms with van der Waals surface area (Å²) in [6.07, 6.45) is 5.46. The summed E-state index contributed by atoms with van der Waals surface area (Å²) < 4.78 is 5.47. The van der Waals surface area contributed by atoms with Crippen LogP contribution in [-0.4, -0.2) is 49.4 Å². The molecule has 0 aliphatic carbocycles. The second-order valence-corrected chi connectivity index (χ2v) is 6.55. The molecule has 2 aromatic rings. The highest BCUT2D eigenvalue weighted by molar-refractivity contribution is 5.74. The average Bonchev–Trinajstić information content (AvgIpc) is 2.70. The van der Waals surface area contributed by atoms with Crippen LogP contribution in [0.25, 0.3) is 0 Å². The van der Waals surface area contributed by atoms with Crippen molar-refractivity contribution in [3.63, 3.8) is 0 Å². The van der Waals surface area contributed by atoms with Crippen LogP contribution < -0.4 is 15.1 Å². The minimum atomic E-state index is 0.779. The maximum Gasteiger partial charge on any atom is 0.135 e. The minimum Gasteiger partial charge on any atom is -0.378 e. The first-order valence-electron chi connectivity index (χ1n) is 9.16. The first kappa shape index (κ1) is 16.1. The summed E-state index contributed by atoms with van der Waals surface area (Å²) in [5.74, 6) is 1.86.